The average Bonchev–Trinajstić information content (AvgIpc) is 2.95. The van der Waals surface area contributed by atoms with Crippen molar-refractivity contribution in [2.24, 2.45) is 0 Å². The first-order chi connectivity index (χ1) is 19.9. The van der Waals surface area contributed by atoms with Gasteiger partial charge in [0.15, 0.2) is 0 Å². The van der Waals surface area contributed by atoms with Crippen molar-refractivity contribution in [2.75, 3.05) is 49.6 Å². The molecular weight excluding hydrogens is 574 g/mol. The van der Waals surface area contributed by atoms with E-state index in [9.17, 15) is 35.9 Å². The van der Waals surface area contributed by atoms with E-state index in [1.165, 1.54) is 12.4 Å². The Balaban J connectivity index is 1.29. The number of hydrogen-bond donors (Lipinski definition) is 2. The maximum Gasteiger partial charge on any atom is 0.423 e. The van der Waals surface area contributed by atoms with Crippen molar-refractivity contribution >= 4 is 17.5 Å². The summed E-state index contributed by atoms with van der Waals surface area (Å²) in [6.45, 7) is 1.13. The van der Waals surface area contributed by atoms with Crippen LogP contribution in [0.3, 0.4) is 0 Å². The second-order valence-electron chi connectivity index (χ2n) is 9.35. The van der Waals surface area contributed by atoms with Gasteiger partial charge in [0.2, 0.25) is 11.9 Å². The first kappa shape index (κ1) is 30.7. The van der Waals surface area contributed by atoms with Crippen LogP contribution in [0.2, 0.25) is 0 Å². The SMILES string of the molecule is O=C(CCOC[C@H](Cc1ccncc1)Nc1cn[nH]c(=O)c1C(F)(F)F)N1CCN(c2ncc(C(F)(F)F)cn2)CC1. The number of H-pyrrole nitrogens is 1. The molecule has 0 unspecified atom stereocenters. The summed E-state index contributed by atoms with van der Waals surface area (Å²) in [5.74, 6) is -0.0877. The lowest BCUT2D eigenvalue weighted by Crippen LogP contribution is -2.49. The Kier molecular flexibility index (Phi) is 9.59. The van der Waals surface area contributed by atoms with Crippen LogP contribution in [0.4, 0.5) is 38.0 Å². The molecule has 1 amide bonds. The third-order valence-electron chi connectivity index (χ3n) is 6.39. The molecule has 0 spiro atoms. The Bertz CT molecular complexity index is 1380. The van der Waals surface area contributed by atoms with Crippen molar-refractivity contribution in [1.29, 1.82) is 0 Å². The van der Waals surface area contributed by atoms with Crippen molar-refractivity contribution in [1.82, 2.24) is 30.0 Å². The molecule has 3 aromatic rings. The molecular formula is C25H26F6N8O3. The van der Waals surface area contributed by atoms with Crippen LogP contribution in [0.25, 0.3) is 0 Å². The lowest BCUT2D eigenvalue weighted by atomic mass is 10.1. The van der Waals surface area contributed by atoms with Gasteiger partial charge in [-0.25, -0.2) is 15.1 Å². The highest BCUT2D eigenvalue weighted by molar-refractivity contribution is 5.76. The van der Waals surface area contributed by atoms with Gasteiger partial charge in [-0.1, -0.05) is 0 Å². The highest BCUT2D eigenvalue weighted by Gasteiger charge is 2.38. The molecule has 4 heterocycles. The van der Waals surface area contributed by atoms with Crippen LogP contribution in [-0.2, 0) is 28.3 Å². The lowest BCUT2D eigenvalue weighted by molar-refractivity contribution is -0.139. The second kappa shape index (κ2) is 13.1. The van der Waals surface area contributed by atoms with Gasteiger partial charge in [0.05, 0.1) is 43.1 Å². The summed E-state index contributed by atoms with van der Waals surface area (Å²) in [7, 11) is 0. The number of aromatic nitrogens is 5. The average molecular weight is 601 g/mol. The Morgan fingerprint density at radius 1 is 1.00 bits per heavy atom. The van der Waals surface area contributed by atoms with Gasteiger partial charge < -0.3 is 19.9 Å². The summed E-state index contributed by atoms with van der Waals surface area (Å²) < 4.78 is 84.4. The number of amides is 1. The van der Waals surface area contributed by atoms with E-state index in [1.807, 2.05) is 0 Å². The van der Waals surface area contributed by atoms with Crippen molar-refractivity contribution in [3.63, 3.8) is 0 Å². The Hall–Kier alpha value is -4.28. The highest BCUT2D eigenvalue weighted by atomic mass is 19.4. The molecule has 2 N–H and O–H groups in total. The summed E-state index contributed by atoms with van der Waals surface area (Å²) in [5.41, 5.74) is -3.49. The quantitative estimate of drug-likeness (QED) is 0.267. The molecule has 11 nitrogen and oxygen atoms in total. The van der Waals surface area contributed by atoms with Gasteiger partial charge in [-0.05, 0) is 24.1 Å². The van der Waals surface area contributed by atoms with Crippen LogP contribution < -0.4 is 15.8 Å². The van der Waals surface area contributed by atoms with Gasteiger partial charge >= 0.3 is 12.4 Å². The Morgan fingerprint density at radius 3 is 2.29 bits per heavy atom. The molecule has 3 aromatic heterocycles. The molecule has 0 saturated carbocycles. The number of hydrogen-bond acceptors (Lipinski definition) is 9. The van der Waals surface area contributed by atoms with E-state index in [4.69, 9.17) is 4.74 Å². The van der Waals surface area contributed by atoms with Crippen molar-refractivity contribution in [3.8, 4) is 0 Å². The van der Waals surface area contributed by atoms with Crippen LogP contribution in [0.15, 0.2) is 47.9 Å². The number of alkyl halides is 6. The van der Waals surface area contributed by atoms with Crippen LogP contribution in [0.5, 0.6) is 0 Å². The van der Waals surface area contributed by atoms with E-state index in [0.29, 0.717) is 38.6 Å². The van der Waals surface area contributed by atoms with Gasteiger partial charge in [0.1, 0.15) is 5.56 Å². The molecule has 0 radical (unpaired) electrons. The van der Waals surface area contributed by atoms with E-state index in [0.717, 1.165) is 11.8 Å². The molecule has 1 atom stereocenters. The summed E-state index contributed by atoms with van der Waals surface area (Å²) >= 11 is 0. The van der Waals surface area contributed by atoms with Crippen molar-refractivity contribution < 1.29 is 35.9 Å². The summed E-state index contributed by atoms with van der Waals surface area (Å²) in [6, 6.07) is 2.67. The number of pyridine rings is 1. The van der Waals surface area contributed by atoms with E-state index in [-0.39, 0.29) is 37.9 Å². The third kappa shape index (κ3) is 8.14. The standard InChI is InChI=1S/C25H26F6N8O3/c26-24(27,28)17-12-33-23(34-13-17)39-8-6-38(7-9-39)20(40)3-10-42-15-18(11-16-1-4-32-5-2-16)36-19-14-35-37-22(41)21(19)25(29,30)31/h1-2,4-5,12-14,18H,3,6-11,15H2,(H2,36,37,41)/t18-/m0/s1. The van der Waals surface area contributed by atoms with E-state index < -0.39 is 40.8 Å². The van der Waals surface area contributed by atoms with Gasteiger partial charge in [0.25, 0.3) is 5.56 Å². The third-order valence-corrected chi connectivity index (χ3v) is 6.39. The topological polar surface area (TPSA) is 129 Å². The van der Waals surface area contributed by atoms with E-state index in [2.05, 4.69) is 25.4 Å². The molecule has 1 saturated heterocycles. The predicted octanol–water partition coefficient (Wildman–Crippen LogP) is 2.77. The molecule has 0 bridgehead atoms. The molecule has 1 aliphatic heterocycles. The van der Waals surface area contributed by atoms with Gasteiger partial charge in [-0.15, -0.1) is 0 Å². The number of carbonyl (C=O) groups excluding carboxylic acids is 1. The molecule has 4 rings (SSSR count). The minimum Gasteiger partial charge on any atom is -0.379 e. The number of ether oxygens (including phenoxy) is 1. The van der Waals surface area contributed by atoms with Crippen LogP contribution >= 0.6 is 0 Å². The zero-order valence-electron chi connectivity index (χ0n) is 22.0. The fourth-order valence-corrected chi connectivity index (χ4v) is 4.29. The number of rotatable bonds is 10. The number of halogens is 6. The number of carbonyl (C=O) groups is 1. The number of aromatic amines is 1. The summed E-state index contributed by atoms with van der Waals surface area (Å²) in [4.78, 5) is 39.3. The normalized spacial score (nSPS) is 15.0. The van der Waals surface area contributed by atoms with Crippen LogP contribution in [-0.4, -0.2) is 81.4 Å². The minimum atomic E-state index is -4.92. The molecule has 226 valence electrons. The number of anilines is 2. The van der Waals surface area contributed by atoms with Crippen molar-refractivity contribution in [2.45, 2.75) is 31.2 Å². The predicted molar refractivity (Wildman–Crippen MR) is 136 cm³/mol. The molecule has 0 aliphatic carbocycles. The molecule has 1 fully saturated rings. The van der Waals surface area contributed by atoms with Crippen LogP contribution in [0, 0.1) is 0 Å². The van der Waals surface area contributed by atoms with E-state index >= 15 is 0 Å². The fraction of sp³-hybridized carbons (Fsp3) is 0.440. The zero-order chi connectivity index (χ0) is 30.3. The molecule has 17 heteroatoms. The first-order valence-electron chi connectivity index (χ1n) is 12.7. The lowest BCUT2D eigenvalue weighted by Gasteiger charge is -2.34. The second-order valence-corrected chi connectivity index (χ2v) is 9.35. The molecule has 1 aliphatic rings. The smallest absolute Gasteiger partial charge is 0.379 e. The first-order valence-corrected chi connectivity index (χ1v) is 12.7. The monoisotopic (exact) mass is 600 g/mol. The largest absolute Gasteiger partial charge is 0.423 e. The minimum absolute atomic E-state index is 0.000875. The fourth-order valence-electron chi connectivity index (χ4n) is 4.29. The highest BCUT2D eigenvalue weighted by Crippen LogP contribution is 2.32. The van der Waals surface area contributed by atoms with Gasteiger partial charge in [-0.3, -0.25) is 14.6 Å². The number of piperazine rings is 1. The zero-order valence-corrected chi connectivity index (χ0v) is 22.0. The number of nitrogens with zero attached hydrogens (tertiary/aromatic N) is 6. The Morgan fingerprint density at radius 2 is 1.67 bits per heavy atom. The summed E-state index contributed by atoms with van der Waals surface area (Å²) in [6.07, 6.45) is -3.86. The van der Waals surface area contributed by atoms with Crippen LogP contribution in [0.1, 0.15) is 23.1 Å². The van der Waals surface area contributed by atoms with E-state index in [1.54, 1.807) is 27.0 Å². The van der Waals surface area contributed by atoms with Gasteiger partial charge in [-0.2, -0.15) is 31.4 Å². The molecule has 0 aromatic carbocycles. The summed E-state index contributed by atoms with van der Waals surface area (Å²) in [5, 5.41) is 7.96. The van der Waals surface area contributed by atoms with Crippen molar-refractivity contribution in [3.05, 3.63) is 70.2 Å². The number of nitrogens with one attached hydrogen (secondary N) is 2. The maximum absolute atomic E-state index is 13.5. The van der Waals surface area contributed by atoms with Gasteiger partial charge in [0, 0.05) is 51.0 Å². The molecule has 42 heavy (non-hydrogen) atoms. The Labute approximate surface area is 234 Å². The maximum atomic E-state index is 13.5.